The van der Waals surface area contributed by atoms with Crippen molar-refractivity contribution in [2.45, 2.75) is 13.8 Å². The number of ether oxygens (including phenoxy) is 1. The quantitative estimate of drug-likeness (QED) is 0.872. The third-order valence-corrected chi connectivity index (χ3v) is 3.85. The van der Waals surface area contributed by atoms with Gasteiger partial charge in [0.25, 0.3) is 5.91 Å². The molecule has 0 aliphatic rings. The Labute approximate surface area is 146 Å². The Bertz CT molecular complexity index is 775. The van der Waals surface area contributed by atoms with Crippen LogP contribution in [0.5, 0.6) is 5.75 Å². The molecule has 2 aromatic rings. The fourth-order valence-corrected chi connectivity index (χ4v) is 2.33. The molecule has 0 saturated carbocycles. The molecule has 0 fully saturated rings. The summed E-state index contributed by atoms with van der Waals surface area (Å²) in [6.07, 6.45) is 0. The topological polar surface area (TPSA) is 67.4 Å². The second-order valence-electron chi connectivity index (χ2n) is 5.40. The van der Waals surface area contributed by atoms with Gasteiger partial charge in [0, 0.05) is 16.7 Å². The predicted molar refractivity (Wildman–Crippen MR) is 94.9 cm³/mol. The van der Waals surface area contributed by atoms with Crippen LogP contribution < -0.4 is 15.4 Å². The second-order valence-corrected chi connectivity index (χ2v) is 5.81. The number of hydrogen-bond acceptors (Lipinski definition) is 3. The first-order chi connectivity index (χ1) is 11.4. The van der Waals surface area contributed by atoms with E-state index in [0.29, 0.717) is 22.0 Å². The SMILES string of the molecule is COc1cc(Cl)c(C)cc1NC(=O)CNC(=O)c1cccc(C)c1. The van der Waals surface area contributed by atoms with E-state index >= 15 is 0 Å². The van der Waals surface area contributed by atoms with Crippen molar-refractivity contribution in [2.24, 2.45) is 0 Å². The van der Waals surface area contributed by atoms with E-state index in [4.69, 9.17) is 16.3 Å². The number of carbonyl (C=O) groups is 2. The van der Waals surface area contributed by atoms with Crippen LogP contribution in [0.3, 0.4) is 0 Å². The molecule has 0 bridgehead atoms. The monoisotopic (exact) mass is 346 g/mol. The molecular weight excluding hydrogens is 328 g/mol. The molecule has 0 saturated heterocycles. The highest BCUT2D eigenvalue weighted by atomic mass is 35.5. The van der Waals surface area contributed by atoms with Gasteiger partial charge in [0.05, 0.1) is 19.3 Å². The fraction of sp³-hybridized carbons (Fsp3) is 0.222. The van der Waals surface area contributed by atoms with E-state index < -0.39 is 0 Å². The minimum atomic E-state index is -0.351. The van der Waals surface area contributed by atoms with Gasteiger partial charge in [-0.05, 0) is 37.6 Å². The first kappa shape index (κ1) is 17.8. The summed E-state index contributed by atoms with van der Waals surface area (Å²) in [5.74, 6) is -0.187. The average molecular weight is 347 g/mol. The summed E-state index contributed by atoms with van der Waals surface area (Å²) in [5.41, 5.74) is 2.82. The van der Waals surface area contributed by atoms with Crippen molar-refractivity contribution in [3.8, 4) is 5.75 Å². The van der Waals surface area contributed by atoms with Crippen LogP contribution in [0.4, 0.5) is 5.69 Å². The molecule has 0 aliphatic carbocycles. The lowest BCUT2D eigenvalue weighted by atomic mass is 10.1. The second kappa shape index (κ2) is 7.84. The minimum Gasteiger partial charge on any atom is -0.495 e. The Morgan fingerprint density at radius 1 is 1.17 bits per heavy atom. The number of aryl methyl sites for hydroxylation is 2. The van der Waals surface area contributed by atoms with Gasteiger partial charge >= 0.3 is 0 Å². The first-order valence-electron chi connectivity index (χ1n) is 7.39. The van der Waals surface area contributed by atoms with E-state index in [9.17, 15) is 9.59 Å². The summed E-state index contributed by atoms with van der Waals surface area (Å²) in [6.45, 7) is 3.59. The number of hydrogen-bond donors (Lipinski definition) is 2. The molecule has 5 nitrogen and oxygen atoms in total. The van der Waals surface area contributed by atoms with Crippen LogP contribution in [-0.4, -0.2) is 25.5 Å². The molecule has 126 valence electrons. The lowest BCUT2D eigenvalue weighted by molar-refractivity contribution is -0.115. The van der Waals surface area contributed by atoms with E-state index in [0.717, 1.165) is 11.1 Å². The fourth-order valence-electron chi connectivity index (χ4n) is 2.17. The Morgan fingerprint density at radius 2 is 1.92 bits per heavy atom. The number of rotatable bonds is 5. The number of benzene rings is 2. The van der Waals surface area contributed by atoms with Gasteiger partial charge in [-0.2, -0.15) is 0 Å². The summed E-state index contributed by atoms with van der Waals surface area (Å²) in [7, 11) is 1.50. The molecule has 0 radical (unpaired) electrons. The minimum absolute atomic E-state index is 0.141. The van der Waals surface area contributed by atoms with Gasteiger partial charge in [-0.1, -0.05) is 29.3 Å². The van der Waals surface area contributed by atoms with E-state index in [1.165, 1.54) is 7.11 Å². The lowest BCUT2D eigenvalue weighted by Gasteiger charge is -2.12. The molecule has 0 aliphatic heterocycles. The van der Waals surface area contributed by atoms with Crippen molar-refractivity contribution < 1.29 is 14.3 Å². The van der Waals surface area contributed by atoms with Crippen LogP contribution in [0.25, 0.3) is 0 Å². The highest BCUT2D eigenvalue weighted by Crippen LogP contribution is 2.30. The predicted octanol–water partition coefficient (Wildman–Crippen LogP) is 3.33. The zero-order valence-corrected chi connectivity index (χ0v) is 14.5. The summed E-state index contributed by atoms with van der Waals surface area (Å²) >= 11 is 6.03. The standard InChI is InChI=1S/C18H19ClN2O3/c1-11-5-4-6-13(7-11)18(23)20-10-17(22)21-15-8-12(2)14(19)9-16(15)24-3/h4-9H,10H2,1-3H3,(H,20,23)(H,21,22). The number of halogens is 1. The van der Waals surface area contributed by atoms with Crippen molar-refractivity contribution >= 4 is 29.1 Å². The van der Waals surface area contributed by atoms with Gasteiger partial charge in [0.15, 0.2) is 0 Å². The Hall–Kier alpha value is -2.53. The van der Waals surface area contributed by atoms with Crippen LogP contribution >= 0.6 is 11.6 Å². The highest BCUT2D eigenvalue weighted by Gasteiger charge is 2.12. The van der Waals surface area contributed by atoms with Gasteiger partial charge in [0.1, 0.15) is 5.75 Å². The summed E-state index contributed by atoms with van der Waals surface area (Å²) in [6, 6.07) is 10.5. The maximum atomic E-state index is 12.1. The van der Waals surface area contributed by atoms with Crippen LogP contribution in [0.15, 0.2) is 36.4 Å². The van der Waals surface area contributed by atoms with Gasteiger partial charge in [-0.15, -0.1) is 0 Å². The Kier molecular flexibility index (Phi) is 5.82. The largest absolute Gasteiger partial charge is 0.495 e. The van der Waals surface area contributed by atoms with Gasteiger partial charge in [0.2, 0.25) is 5.91 Å². The van der Waals surface area contributed by atoms with Crippen LogP contribution in [0.1, 0.15) is 21.5 Å². The van der Waals surface area contributed by atoms with Gasteiger partial charge in [-0.25, -0.2) is 0 Å². The Morgan fingerprint density at radius 3 is 2.58 bits per heavy atom. The van der Waals surface area contributed by atoms with Crippen molar-refractivity contribution in [1.82, 2.24) is 5.32 Å². The molecule has 24 heavy (non-hydrogen) atoms. The molecule has 0 heterocycles. The van der Waals surface area contributed by atoms with E-state index in [1.54, 1.807) is 30.3 Å². The van der Waals surface area contributed by atoms with Crippen molar-refractivity contribution in [1.29, 1.82) is 0 Å². The molecule has 2 aromatic carbocycles. The third-order valence-electron chi connectivity index (χ3n) is 3.44. The van der Waals surface area contributed by atoms with Crippen LogP contribution in [0, 0.1) is 13.8 Å². The average Bonchev–Trinajstić information content (AvgIpc) is 2.55. The van der Waals surface area contributed by atoms with E-state index in [1.807, 2.05) is 19.9 Å². The van der Waals surface area contributed by atoms with Crippen LogP contribution in [-0.2, 0) is 4.79 Å². The smallest absolute Gasteiger partial charge is 0.251 e. The Balaban J connectivity index is 1.99. The van der Waals surface area contributed by atoms with Crippen LogP contribution in [0.2, 0.25) is 5.02 Å². The molecule has 0 spiro atoms. The summed E-state index contributed by atoms with van der Waals surface area (Å²) in [5, 5.41) is 5.86. The summed E-state index contributed by atoms with van der Waals surface area (Å²) in [4.78, 5) is 24.1. The van der Waals surface area contributed by atoms with Crippen molar-refractivity contribution in [2.75, 3.05) is 19.0 Å². The maximum Gasteiger partial charge on any atom is 0.251 e. The van der Waals surface area contributed by atoms with Gasteiger partial charge < -0.3 is 15.4 Å². The van der Waals surface area contributed by atoms with E-state index in [2.05, 4.69) is 10.6 Å². The number of nitrogens with one attached hydrogen (secondary N) is 2. The third kappa shape index (κ3) is 4.49. The zero-order valence-electron chi connectivity index (χ0n) is 13.8. The van der Waals surface area contributed by atoms with E-state index in [-0.39, 0.29) is 18.4 Å². The molecule has 0 aromatic heterocycles. The molecule has 0 atom stereocenters. The lowest BCUT2D eigenvalue weighted by Crippen LogP contribution is -2.33. The normalized spacial score (nSPS) is 10.2. The summed E-state index contributed by atoms with van der Waals surface area (Å²) < 4.78 is 5.20. The van der Waals surface area contributed by atoms with Gasteiger partial charge in [-0.3, -0.25) is 9.59 Å². The maximum absolute atomic E-state index is 12.1. The number of anilines is 1. The molecule has 2 amide bonds. The number of carbonyl (C=O) groups excluding carboxylic acids is 2. The molecule has 6 heteroatoms. The molecule has 2 rings (SSSR count). The first-order valence-corrected chi connectivity index (χ1v) is 7.77. The molecule has 0 unspecified atom stereocenters. The zero-order chi connectivity index (χ0) is 17.7. The van der Waals surface area contributed by atoms with Crippen molar-refractivity contribution in [3.63, 3.8) is 0 Å². The highest BCUT2D eigenvalue weighted by molar-refractivity contribution is 6.31. The molecule has 2 N–H and O–H groups in total. The number of methoxy groups -OCH3 is 1. The molecular formula is C18H19ClN2O3. The number of amides is 2. The van der Waals surface area contributed by atoms with Crippen molar-refractivity contribution in [3.05, 3.63) is 58.1 Å².